The molecular weight excluding hydrogens is 440 g/mol. The maximum atomic E-state index is 12.9. The van der Waals surface area contributed by atoms with Gasteiger partial charge in [0.15, 0.2) is 4.34 Å². The minimum absolute atomic E-state index is 0.237. The van der Waals surface area contributed by atoms with Crippen molar-refractivity contribution in [2.45, 2.75) is 30.5 Å². The van der Waals surface area contributed by atoms with E-state index in [1.54, 1.807) is 12.1 Å². The Bertz CT molecular complexity index is 1270. The lowest BCUT2D eigenvalue weighted by atomic mass is 10.2. The highest BCUT2D eigenvalue weighted by molar-refractivity contribution is 8.00. The largest absolute Gasteiger partial charge is 0.296 e. The molecule has 0 atom stereocenters. The van der Waals surface area contributed by atoms with E-state index in [0.717, 1.165) is 21.2 Å². The highest BCUT2D eigenvalue weighted by atomic mass is 32.2. The Balaban J connectivity index is 1.40. The van der Waals surface area contributed by atoms with Crippen molar-refractivity contribution in [3.8, 4) is 6.07 Å². The van der Waals surface area contributed by atoms with Crippen LogP contribution in [-0.2, 0) is 12.3 Å². The van der Waals surface area contributed by atoms with Crippen molar-refractivity contribution in [3.05, 3.63) is 88.2 Å². The second kappa shape index (κ2) is 9.77. The average Bonchev–Trinajstić information content (AvgIpc) is 3.36. The van der Waals surface area contributed by atoms with Crippen molar-refractivity contribution in [3.63, 3.8) is 0 Å². The summed E-state index contributed by atoms with van der Waals surface area (Å²) in [5, 5.41) is 25.0. The number of nitrogens with zero attached hydrogens (tertiary/aromatic N) is 5. The van der Waals surface area contributed by atoms with Crippen molar-refractivity contribution in [1.29, 1.82) is 5.26 Å². The fourth-order valence-corrected chi connectivity index (χ4v) is 4.94. The summed E-state index contributed by atoms with van der Waals surface area (Å²) >= 11 is 2.87. The molecule has 2 aromatic heterocycles. The monoisotopic (exact) mass is 460 g/mol. The van der Waals surface area contributed by atoms with Gasteiger partial charge in [0, 0.05) is 11.4 Å². The zero-order valence-corrected chi connectivity index (χ0v) is 19.2. The van der Waals surface area contributed by atoms with E-state index in [4.69, 9.17) is 5.26 Å². The summed E-state index contributed by atoms with van der Waals surface area (Å²) in [6.45, 7) is 4.34. The zero-order valence-electron chi connectivity index (χ0n) is 17.6. The minimum atomic E-state index is -0.237. The molecule has 2 heterocycles. The van der Waals surface area contributed by atoms with E-state index in [1.165, 1.54) is 23.1 Å². The third kappa shape index (κ3) is 5.04. The Labute approximate surface area is 194 Å². The molecular formula is C23H20N6OS2. The molecule has 0 spiro atoms. The number of aryl methyl sites for hydroxylation is 1. The van der Waals surface area contributed by atoms with Gasteiger partial charge < -0.3 is 0 Å². The first-order valence-electron chi connectivity index (χ1n) is 9.88. The first kappa shape index (κ1) is 21.7. The summed E-state index contributed by atoms with van der Waals surface area (Å²) in [6.07, 6.45) is 0. The standard InChI is InChI=1S/C23H20N6OS2/c1-15-20(16(2)29(28-15)13-18-6-4-3-5-7-18)21(30)25-22-26-27-23(32-22)31-14-19-10-8-17(12-24)9-11-19/h3-11H,13-14H2,1-2H3,(H,25,26,30). The molecule has 32 heavy (non-hydrogen) atoms. The molecule has 2 aromatic carbocycles. The van der Waals surface area contributed by atoms with Crippen LogP contribution >= 0.6 is 23.1 Å². The van der Waals surface area contributed by atoms with Gasteiger partial charge in [-0.1, -0.05) is 65.6 Å². The van der Waals surface area contributed by atoms with Crippen molar-refractivity contribution in [2.24, 2.45) is 0 Å². The second-order valence-electron chi connectivity index (χ2n) is 7.11. The van der Waals surface area contributed by atoms with Gasteiger partial charge in [0.05, 0.1) is 29.4 Å². The predicted octanol–water partition coefficient (Wildman–Crippen LogP) is 4.82. The summed E-state index contributed by atoms with van der Waals surface area (Å²) in [4.78, 5) is 12.9. The number of amides is 1. The summed E-state index contributed by atoms with van der Waals surface area (Å²) in [5.41, 5.74) is 4.89. The van der Waals surface area contributed by atoms with E-state index < -0.39 is 0 Å². The molecule has 0 aliphatic carbocycles. The average molecular weight is 461 g/mol. The molecule has 0 saturated carbocycles. The molecule has 1 amide bonds. The van der Waals surface area contributed by atoms with Gasteiger partial charge >= 0.3 is 0 Å². The second-order valence-corrected chi connectivity index (χ2v) is 9.31. The molecule has 0 aliphatic heterocycles. The maximum Gasteiger partial charge on any atom is 0.261 e. The maximum absolute atomic E-state index is 12.9. The fraction of sp³-hybridized carbons (Fsp3) is 0.174. The number of nitrogens with one attached hydrogen (secondary N) is 1. The SMILES string of the molecule is Cc1nn(Cc2ccccc2)c(C)c1C(=O)Nc1nnc(SCc2ccc(C#N)cc2)s1. The highest BCUT2D eigenvalue weighted by Crippen LogP contribution is 2.29. The molecule has 0 aliphatic rings. The van der Waals surface area contributed by atoms with Crippen LogP contribution in [0.1, 0.15) is 38.4 Å². The molecule has 1 N–H and O–H groups in total. The summed E-state index contributed by atoms with van der Waals surface area (Å²) in [7, 11) is 0. The summed E-state index contributed by atoms with van der Waals surface area (Å²) in [6, 6.07) is 19.6. The molecule has 0 bridgehead atoms. The molecule has 0 unspecified atom stereocenters. The van der Waals surface area contributed by atoms with Gasteiger partial charge in [-0.2, -0.15) is 10.4 Å². The Morgan fingerprint density at radius 1 is 1.09 bits per heavy atom. The molecule has 9 heteroatoms. The Morgan fingerprint density at radius 3 is 2.56 bits per heavy atom. The van der Waals surface area contributed by atoms with Crippen LogP contribution in [0.15, 0.2) is 58.9 Å². The quantitative estimate of drug-likeness (QED) is 0.314. The number of hydrogen-bond acceptors (Lipinski definition) is 7. The van der Waals surface area contributed by atoms with Crippen LogP contribution in [0.4, 0.5) is 5.13 Å². The molecule has 0 saturated heterocycles. The number of nitriles is 1. The smallest absolute Gasteiger partial charge is 0.261 e. The third-order valence-electron chi connectivity index (χ3n) is 4.86. The van der Waals surface area contributed by atoms with E-state index in [-0.39, 0.29) is 5.91 Å². The first-order chi connectivity index (χ1) is 15.5. The molecule has 0 radical (unpaired) electrons. The van der Waals surface area contributed by atoms with Gasteiger partial charge in [0.25, 0.3) is 5.91 Å². The molecule has 7 nitrogen and oxygen atoms in total. The van der Waals surface area contributed by atoms with Gasteiger partial charge in [-0.25, -0.2) is 0 Å². The fourth-order valence-electron chi connectivity index (χ4n) is 3.23. The number of thioether (sulfide) groups is 1. The number of anilines is 1. The Morgan fingerprint density at radius 2 is 1.84 bits per heavy atom. The topological polar surface area (TPSA) is 96.5 Å². The van der Waals surface area contributed by atoms with Gasteiger partial charge in [-0.3, -0.25) is 14.8 Å². The normalized spacial score (nSPS) is 10.7. The van der Waals surface area contributed by atoms with E-state index in [1.807, 2.05) is 61.0 Å². The molecule has 4 rings (SSSR count). The third-order valence-corrected chi connectivity index (χ3v) is 6.90. The number of carbonyl (C=O) groups excluding carboxylic acids is 1. The van der Waals surface area contributed by atoms with Crippen LogP contribution < -0.4 is 5.32 Å². The summed E-state index contributed by atoms with van der Waals surface area (Å²) < 4.78 is 2.61. The van der Waals surface area contributed by atoms with Crippen LogP contribution in [0.25, 0.3) is 0 Å². The highest BCUT2D eigenvalue weighted by Gasteiger charge is 2.20. The van der Waals surface area contributed by atoms with E-state index in [9.17, 15) is 4.79 Å². The van der Waals surface area contributed by atoms with Crippen LogP contribution in [0.5, 0.6) is 0 Å². The number of hydrogen-bond donors (Lipinski definition) is 1. The first-order valence-corrected chi connectivity index (χ1v) is 11.7. The van der Waals surface area contributed by atoms with Crippen molar-refractivity contribution in [2.75, 3.05) is 5.32 Å². The van der Waals surface area contributed by atoms with E-state index in [0.29, 0.717) is 34.2 Å². The van der Waals surface area contributed by atoms with Gasteiger partial charge in [0.1, 0.15) is 0 Å². The zero-order chi connectivity index (χ0) is 22.5. The lowest BCUT2D eigenvalue weighted by Crippen LogP contribution is -2.14. The van der Waals surface area contributed by atoms with Crippen LogP contribution in [0, 0.1) is 25.2 Å². The van der Waals surface area contributed by atoms with Gasteiger partial charge in [-0.15, -0.1) is 10.2 Å². The predicted molar refractivity (Wildman–Crippen MR) is 126 cm³/mol. The van der Waals surface area contributed by atoms with Crippen LogP contribution in [0.3, 0.4) is 0 Å². The lowest BCUT2D eigenvalue weighted by Gasteiger charge is -2.05. The number of benzene rings is 2. The van der Waals surface area contributed by atoms with Crippen LogP contribution in [-0.4, -0.2) is 25.9 Å². The molecule has 0 fully saturated rings. The van der Waals surface area contributed by atoms with E-state index in [2.05, 4.69) is 26.7 Å². The minimum Gasteiger partial charge on any atom is -0.296 e. The molecule has 4 aromatic rings. The summed E-state index contributed by atoms with van der Waals surface area (Å²) in [5.74, 6) is 0.470. The van der Waals surface area contributed by atoms with Crippen molar-refractivity contribution in [1.82, 2.24) is 20.0 Å². The Hall–Kier alpha value is -3.48. The Kier molecular flexibility index (Phi) is 6.63. The molecule has 160 valence electrons. The number of carbonyl (C=O) groups is 1. The van der Waals surface area contributed by atoms with Crippen molar-refractivity contribution >= 4 is 34.1 Å². The number of rotatable bonds is 7. The van der Waals surface area contributed by atoms with Crippen molar-refractivity contribution < 1.29 is 4.79 Å². The number of aromatic nitrogens is 4. The van der Waals surface area contributed by atoms with Gasteiger partial charge in [-0.05, 0) is 37.1 Å². The van der Waals surface area contributed by atoms with Gasteiger partial charge in [0.2, 0.25) is 5.13 Å². The lowest BCUT2D eigenvalue weighted by molar-refractivity contribution is 0.102. The van der Waals surface area contributed by atoms with Crippen LogP contribution in [0.2, 0.25) is 0 Å². The van der Waals surface area contributed by atoms with E-state index >= 15 is 0 Å².